The molecular weight excluding hydrogens is 418 g/mol. The van der Waals surface area contributed by atoms with Crippen LogP contribution in [0.1, 0.15) is 10.5 Å². The molecule has 0 atom stereocenters. The Morgan fingerprint density at radius 2 is 1.55 bits per heavy atom. The van der Waals surface area contributed by atoms with Crippen molar-refractivity contribution in [1.29, 1.82) is 0 Å². The molecule has 2 heterocycles. The second-order valence-electron chi connectivity index (χ2n) is 7.40. The highest BCUT2D eigenvalue weighted by atomic mass is 16.5. The van der Waals surface area contributed by atoms with Crippen molar-refractivity contribution in [2.45, 2.75) is 0 Å². The predicted octanol–water partition coefficient (Wildman–Crippen LogP) is 5.07. The zero-order valence-electron chi connectivity index (χ0n) is 17.4. The smallest absolute Gasteiger partial charge is 0.272 e. The highest BCUT2D eigenvalue weighted by Gasteiger charge is 2.14. The van der Waals surface area contributed by atoms with Crippen molar-refractivity contribution in [3.8, 4) is 22.9 Å². The van der Waals surface area contributed by atoms with E-state index in [1.54, 1.807) is 48.5 Å². The molecule has 0 aliphatic rings. The van der Waals surface area contributed by atoms with E-state index in [4.69, 9.17) is 4.74 Å². The number of H-pyrrole nitrogens is 1. The van der Waals surface area contributed by atoms with Crippen LogP contribution in [-0.4, -0.2) is 20.6 Å². The number of nitrogens with one attached hydrogen (secondary N) is 2. The summed E-state index contributed by atoms with van der Waals surface area (Å²) in [5.41, 5.74) is 1.73. The van der Waals surface area contributed by atoms with Crippen LogP contribution in [0.25, 0.3) is 16.7 Å². The van der Waals surface area contributed by atoms with Crippen LogP contribution >= 0.6 is 0 Å². The van der Waals surface area contributed by atoms with Crippen molar-refractivity contribution in [2.24, 2.45) is 0 Å². The second kappa shape index (κ2) is 8.39. The number of aromatic amines is 1. The normalized spacial score (nSPS) is 10.8. The van der Waals surface area contributed by atoms with Crippen LogP contribution in [0.15, 0.2) is 102 Å². The van der Waals surface area contributed by atoms with Gasteiger partial charge in [-0.1, -0.05) is 18.2 Å². The van der Waals surface area contributed by atoms with Crippen LogP contribution in [0.5, 0.6) is 17.2 Å². The van der Waals surface area contributed by atoms with Gasteiger partial charge >= 0.3 is 0 Å². The van der Waals surface area contributed by atoms with Gasteiger partial charge in [-0.15, -0.1) is 0 Å². The fourth-order valence-corrected chi connectivity index (χ4v) is 3.53. The first-order chi connectivity index (χ1) is 16.1. The van der Waals surface area contributed by atoms with Gasteiger partial charge in [0.05, 0.1) is 5.69 Å². The number of anilines is 1. The molecule has 3 aromatic carbocycles. The van der Waals surface area contributed by atoms with E-state index in [1.165, 1.54) is 22.8 Å². The highest BCUT2D eigenvalue weighted by Crippen LogP contribution is 2.24. The molecule has 0 spiro atoms. The second-order valence-corrected chi connectivity index (χ2v) is 7.40. The quantitative estimate of drug-likeness (QED) is 0.358. The molecule has 0 aliphatic carbocycles. The standard InChI is InChI=1S/C26H19N3O4/c30-20-11-9-19(10-12-20)29-24(31)15-6-17-16-23(28-25(17)29)26(32)27-18-7-13-22(14-8-18)33-21-4-2-1-3-5-21/h1-16,28,30H,(H,27,32). The minimum atomic E-state index is -0.340. The number of pyridine rings is 1. The van der Waals surface area contributed by atoms with Crippen molar-refractivity contribution < 1.29 is 14.6 Å². The number of benzene rings is 3. The van der Waals surface area contributed by atoms with Crippen molar-refractivity contribution in [1.82, 2.24) is 9.55 Å². The lowest BCUT2D eigenvalue weighted by Gasteiger charge is -2.08. The molecule has 3 N–H and O–H groups in total. The lowest BCUT2D eigenvalue weighted by Crippen LogP contribution is -2.17. The Morgan fingerprint density at radius 1 is 0.848 bits per heavy atom. The summed E-state index contributed by atoms with van der Waals surface area (Å²) in [6, 6.07) is 27.6. The molecule has 0 bridgehead atoms. The number of fused-ring (bicyclic) bond motifs is 1. The maximum Gasteiger partial charge on any atom is 0.272 e. The number of rotatable bonds is 5. The van der Waals surface area contributed by atoms with Gasteiger partial charge in [-0.25, -0.2) is 0 Å². The molecule has 0 unspecified atom stereocenters. The molecule has 2 aromatic heterocycles. The zero-order chi connectivity index (χ0) is 22.8. The summed E-state index contributed by atoms with van der Waals surface area (Å²) in [6.07, 6.45) is 0. The fraction of sp³-hybridized carbons (Fsp3) is 0. The monoisotopic (exact) mass is 437 g/mol. The lowest BCUT2D eigenvalue weighted by molar-refractivity contribution is 0.102. The van der Waals surface area contributed by atoms with Crippen LogP contribution in [0.2, 0.25) is 0 Å². The summed E-state index contributed by atoms with van der Waals surface area (Å²) in [5, 5.41) is 13.1. The van der Waals surface area contributed by atoms with E-state index in [9.17, 15) is 14.7 Å². The molecule has 0 aliphatic heterocycles. The van der Waals surface area contributed by atoms with Gasteiger partial charge in [0.25, 0.3) is 11.5 Å². The Kier molecular flexibility index (Phi) is 5.12. The summed E-state index contributed by atoms with van der Waals surface area (Å²) < 4.78 is 7.23. The van der Waals surface area contributed by atoms with E-state index in [0.717, 1.165) is 5.75 Å². The number of aromatic hydroxyl groups is 1. The Morgan fingerprint density at radius 3 is 2.27 bits per heavy atom. The molecule has 0 saturated heterocycles. The first-order valence-corrected chi connectivity index (χ1v) is 10.3. The Bertz CT molecular complexity index is 1490. The lowest BCUT2D eigenvalue weighted by atomic mass is 10.2. The van der Waals surface area contributed by atoms with Gasteiger partial charge in [-0.3, -0.25) is 14.2 Å². The van der Waals surface area contributed by atoms with Gasteiger partial charge in [0.15, 0.2) is 0 Å². The van der Waals surface area contributed by atoms with E-state index in [-0.39, 0.29) is 17.2 Å². The minimum absolute atomic E-state index is 0.103. The molecular formula is C26H19N3O4. The summed E-state index contributed by atoms with van der Waals surface area (Å²) >= 11 is 0. The van der Waals surface area contributed by atoms with Crippen LogP contribution in [0.3, 0.4) is 0 Å². The molecule has 1 amide bonds. The predicted molar refractivity (Wildman–Crippen MR) is 126 cm³/mol. The fourth-order valence-electron chi connectivity index (χ4n) is 3.53. The third-order valence-electron chi connectivity index (χ3n) is 5.12. The molecule has 33 heavy (non-hydrogen) atoms. The molecule has 7 nitrogen and oxygen atoms in total. The Hall–Kier alpha value is -4.78. The number of phenols is 1. The number of aromatic nitrogens is 2. The van der Waals surface area contributed by atoms with E-state index in [2.05, 4.69) is 10.3 Å². The van der Waals surface area contributed by atoms with Gasteiger partial charge in [0, 0.05) is 17.1 Å². The summed E-state index contributed by atoms with van der Waals surface area (Å²) in [4.78, 5) is 28.4. The first-order valence-electron chi connectivity index (χ1n) is 10.3. The van der Waals surface area contributed by atoms with E-state index in [0.29, 0.717) is 33.9 Å². The Balaban J connectivity index is 1.38. The number of amides is 1. The number of hydrogen-bond donors (Lipinski definition) is 3. The van der Waals surface area contributed by atoms with Crippen molar-refractivity contribution in [3.05, 3.63) is 113 Å². The summed E-state index contributed by atoms with van der Waals surface area (Å²) in [7, 11) is 0. The van der Waals surface area contributed by atoms with Crippen LogP contribution in [0, 0.1) is 0 Å². The SMILES string of the molecule is O=C(Nc1ccc(Oc2ccccc2)cc1)c1cc2ccc(=O)n(-c3ccc(O)cc3)c2[nH]1. The number of carbonyl (C=O) groups excluding carboxylic acids is 1. The van der Waals surface area contributed by atoms with Crippen LogP contribution in [-0.2, 0) is 0 Å². The molecule has 0 radical (unpaired) electrons. The number of ether oxygens (including phenoxy) is 1. The maximum atomic E-state index is 12.8. The number of hydrogen-bond acceptors (Lipinski definition) is 4. The minimum Gasteiger partial charge on any atom is -0.508 e. The summed E-state index contributed by atoms with van der Waals surface area (Å²) in [6.45, 7) is 0. The molecule has 5 rings (SSSR count). The van der Waals surface area contributed by atoms with Gasteiger partial charge < -0.3 is 20.1 Å². The number of carbonyl (C=O) groups is 1. The highest BCUT2D eigenvalue weighted by molar-refractivity contribution is 6.05. The number of phenolic OH excluding ortho intramolecular Hbond substituents is 1. The topological polar surface area (TPSA) is 96.3 Å². The third-order valence-corrected chi connectivity index (χ3v) is 5.12. The molecule has 0 fully saturated rings. The Labute approximate surface area is 188 Å². The van der Waals surface area contributed by atoms with Crippen LogP contribution in [0.4, 0.5) is 5.69 Å². The number of para-hydroxylation sites is 1. The van der Waals surface area contributed by atoms with Crippen molar-refractivity contribution >= 4 is 22.6 Å². The zero-order valence-corrected chi connectivity index (χ0v) is 17.4. The van der Waals surface area contributed by atoms with Gasteiger partial charge in [0.1, 0.15) is 28.6 Å². The van der Waals surface area contributed by atoms with E-state index >= 15 is 0 Å². The summed E-state index contributed by atoms with van der Waals surface area (Å²) in [5.74, 6) is 1.15. The third kappa shape index (κ3) is 4.20. The maximum absolute atomic E-state index is 12.8. The van der Waals surface area contributed by atoms with E-state index in [1.807, 2.05) is 30.3 Å². The molecule has 0 saturated carbocycles. The van der Waals surface area contributed by atoms with E-state index < -0.39 is 0 Å². The number of nitrogens with zero attached hydrogens (tertiary/aromatic N) is 1. The average molecular weight is 437 g/mol. The largest absolute Gasteiger partial charge is 0.508 e. The molecule has 5 aromatic rings. The molecule has 7 heteroatoms. The van der Waals surface area contributed by atoms with Gasteiger partial charge in [-0.05, 0) is 72.8 Å². The average Bonchev–Trinajstić information content (AvgIpc) is 3.26. The first kappa shape index (κ1) is 20.1. The van der Waals surface area contributed by atoms with Crippen molar-refractivity contribution in [2.75, 3.05) is 5.32 Å². The molecule has 162 valence electrons. The van der Waals surface area contributed by atoms with Gasteiger partial charge in [0.2, 0.25) is 0 Å². The van der Waals surface area contributed by atoms with Crippen molar-refractivity contribution in [3.63, 3.8) is 0 Å². The van der Waals surface area contributed by atoms with Gasteiger partial charge in [-0.2, -0.15) is 0 Å². The van der Waals surface area contributed by atoms with Crippen LogP contribution < -0.4 is 15.6 Å².